The summed E-state index contributed by atoms with van der Waals surface area (Å²) in [6.07, 6.45) is 2.49. The van der Waals surface area contributed by atoms with E-state index in [1.807, 2.05) is 0 Å². The molecule has 6 heteroatoms. The highest BCUT2D eigenvalue weighted by atomic mass is 19.1. The summed E-state index contributed by atoms with van der Waals surface area (Å²) in [4.78, 5) is 11.8. The van der Waals surface area contributed by atoms with Crippen LogP contribution in [0, 0.1) is 5.82 Å². The Morgan fingerprint density at radius 1 is 1.43 bits per heavy atom. The molecule has 0 bridgehead atoms. The molecule has 0 spiro atoms. The van der Waals surface area contributed by atoms with Crippen molar-refractivity contribution in [1.82, 2.24) is 5.32 Å². The molecule has 0 atom stereocenters. The van der Waals surface area contributed by atoms with Gasteiger partial charge in [-0.2, -0.15) is 0 Å². The van der Waals surface area contributed by atoms with Gasteiger partial charge in [0, 0.05) is 11.8 Å². The van der Waals surface area contributed by atoms with Gasteiger partial charge in [-0.05, 0) is 38.1 Å². The van der Waals surface area contributed by atoms with Crippen LogP contribution < -0.4 is 15.4 Å². The van der Waals surface area contributed by atoms with Gasteiger partial charge in [0.15, 0.2) is 11.6 Å². The molecule has 5 nitrogen and oxygen atoms in total. The zero-order valence-electron chi connectivity index (χ0n) is 12.2. The van der Waals surface area contributed by atoms with E-state index >= 15 is 0 Å². The lowest BCUT2D eigenvalue weighted by Gasteiger charge is -2.22. The van der Waals surface area contributed by atoms with Crippen molar-refractivity contribution in [3.63, 3.8) is 0 Å². The number of ether oxygens (including phenoxy) is 2. The van der Waals surface area contributed by atoms with Crippen molar-refractivity contribution in [2.45, 2.75) is 25.4 Å². The molecule has 1 aliphatic heterocycles. The third-order valence-corrected chi connectivity index (χ3v) is 3.40. The second kappa shape index (κ2) is 7.95. The molecule has 1 saturated heterocycles. The monoisotopic (exact) mass is 296 g/mol. The number of amides is 1. The van der Waals surface area contributed by atoms with Crippen molar-refractivity contribution >= 4 is 11.6 Å². The number of piperidine rings is 1. The Morgan fingerprint density at radius 2 is 2.19 bits per heavy atom. The van der Waals surface area contributed by atoms with E-state index in [0.717, 1.165) is 25.9 Å². The van der Waals surface area contributed by atoms with Crippen LogP contribution in [0.2, 0.25) is 0 Å². The Hall–Kier alpha value is -1.66. The van der Waals surface area contributed by atoms with E-state index in [-0.39, 0.29) is 24.2 Å². The number of carbonyl (C=O) groups excluding carboxylic acids is 1. The Balaban J connectivity index is 1.73. The number of anilines is 1. The largest absolute Gasteiger partial charge is 0.494 e. The van der Waals surface area contributed by atoms with Crippen LogP contribution in [0.25, 0.3) is 0 Å². The number of rotatable bonds is 6. The first-order valence-electron chi connectivity index (χ1n) is 7.15. The maximum absolute atomic E-state index is 13.3. The molecule has 1 amide bonds. The molecule has 1 aromatic carbocycles. The summed E-state index contributed by atoms with van der Waals surface area (Å²) in [6, 6.07) is 4.23. The summed E-state index contributed by atoms with van der Waals surface area (Å²) in [5.41, 5.74) is 0.514. The first-order chi connectivity index (χ1) is 10.2. The standard InChI is InChI=1S/C15H21FN2O3/c1-20-14-10-11(2-3-13(14)16)18-15(19)6-9-21-12-4-7-17-8-5-12/h2-3,10,12,17H,4-9H2,1H3,(H,18,19). The molecular formula is C15H21FN2O3. The summed E-state index contributed by atoms with van der Waals surface area (Å²) in [5, 5.41) is 5.96. The molecule has 1 fully saturated rings. The van der Waals surface area contributed by atoms with Gasteiger partial charge in [-0.1, -0.05) is 0 Å². The second-order valence-electron chi connectivity index (χ2n) is 4.97. The van der Waals surface area contributed by atoms with Gasteiger partial charge in [0.25, 0.3) is 0 Å². The van der Waals surface area contributed by atoms with Crippen molar-refractivity contribution in [1.29, 1.82) is 0 Å². The van der Waals surface area contributed by atoms with E-state index in [0.29, 0.717) is 12.3 Å². The number of hydrogen-bond donors (Lipinski definition) is 2. The highest BCUT2D eigenvalue weighted by Crippen LogP contribution is 2.21. The van der Waals surface area contributed by atoms with Gasteiger partial charge in [0.1, 0.15) is 0 Å². The van der Waals surface area contributed by atoms with Gasteiger partial charge >= 0.3 is 0 Å². The molecule has 2 N–H and O–H groups in total. The van der Waals surface area contributed by atoms with Crippen molar-refractivity contribution < 1.29 is 18.7 Å². The van der Waals surface area contributed by atoms with E-state index < -0.39 is 5.82 Å². The zero-order chi connectivity index (χ0) is 15.1. The molecule has 21 heavy (non-hydrogen) atoms. The molecule has 0 aliphatic carbocycles. The van der Waals surface area contributed by atoms with E-state index in [9.17, 15) is 9.18 Å². The van der Waals surface area contributed by atoms with E-state index in [4.69, 9.17) is 9.47 Å². The molecule has 0 aromatic heterocycles. The molecule has 1 aliphatic rings. The van der Waals surface area contributed by atoms with Crippen LogP contribution in [0.3, 0.4) is 0 Å². The number of hydrogen-bond acceptors (Lipinski definition) is 4. The van der Waals surface area contributed by atoms with Crippen LogP contribution in [-0.2, 0) is 9.53 Å². The Bertz CT molecular complexity index is 476. The van der Waals surface area contributed by atoms with Gasteiger partial charge in [-0.3, -0.25) is 4.79 Å². The van der Waals surface area contributed by atoms with Crippen LogP contribution in [0.5, 0.6) is 5.75 Å². The summed E-state index contributed by atoms with van der Waals surface area (Å²) < 4.78 is 23.8. The molecule has 0 radical (unpaired) electrons. The summed E-state index contributed by atoms with van der Waals surface area (Å²) in [7, 11) is 1.39. The van der Waals surface area contributed by atoms with Gasteiger partial charge < -0.3 is 20.1 Å². The van der Waals surface area contributed by atoms with Crippen LogP contribution >= 0.6 is 0 Å². The molecule has 116 valence electrons. The molecular weight excluding hydrogens is 275 g/mol. The fraction of sp³-hybridized carbons (Fsp3) is 0.533. The van der Waals surface area contributed by atoms with E-state index in [1.54, 1.807) is 0 Å². The fourth-order valence-corrected chi connectivity index (χ4v) is 2.24. The molecule has 1 heterocycles. The summed E-state index contributed by atoms with van der Waals surface area (Å²) in [5.74, 6) is -0.499. The van der Waals surface area contributed by atoms with Crippen LogP contribution in [0.15, 0.2) is 18.2 Å². The third-order valence-electron chi connectivity index (χ3n) is 3.40. The molecule has 0 saturated carbocycles. The highest BCUT2D eigenvalue weighted by Gasteiger charge is 2.14. The van der Waals surface area contributed by atoms with E-state index in [2.05, 4.69) is 10.6 Å². The topological polar surface area (TPSA) is 59.6 Å². The van der Waals surface area contributed by atoms with Gasteiger partial charge in [-0.15, -0.1) is 0 Å². The first kappa shape index (κ1) is 15.7. The second-order valence-corrected chi connectivity index (χ2v) is 4.97. The van der Waals surface area contributed by atoms with Crippen LogP contribution in [0.1, 0.15) is 19.3 Å². The van der Waals surface area contributed by atoms with Crippen molar-refractivity contribution in [3.8, 4) is 5.75 Å². The van der Waals surface area contributed by atoms with Gasteiger partial charge in [0.2, 0.25) is 5.91 Å². The average Bonchev–Trinajstić information content (AvgIpc) is 2.50. The van der Waals surface area contributed by atoms with Gasteiger partial charge in [-0.25, -0.2) is 4.39 Å². The van der Waals surface area contributed by atoms with Crippen molar-refractivity contribution in [3.05, 3.63) is 24.0 Å². The predicted molar refractivity (Wildman–Crippen MR) is 78.0 cm³/mol. The fourth-order valence-electron chi connectivity index (χ4n) is 2.24. The Morgan fingerprint density at radius 3 is 2.90 bits per heavy atom. The number of benzene rings is 1. The SMILES string of the molecule is COc1cc(NC(=O)CCOC2CCNCC2)ccc1F. The Labute approximate surface area is 123 Å². The lowest BCUT2D eigenvalue weighted by atomic mass is 10.1. The van der Waals surface area contributed by atoms with Crippen LogP contribution in [0.4, 0.5) is 10.1 Å². The molecule has 1 aromatic rings. The van der Waals surface area contributed by atoms with E-state index in [1.165, 1.54) is 25.3 Å². The molecule has 2 rings (SSSR count). The van der Waals surface area contributed by atoms with Crippen molar-refractivity contribution in [2.75, 3.05) is 32.1 Å². The number of methoxy groups -OCH3 is 1. The Kier molecular flexibility index (Phi) is 5.95. The maximum Gasteiger partial charge on any atom is 0.226 e. The average molecular weight is 296 g/mol. The molecule has 0 unspecified atom stereocenters. The predicted octanol–water partition coefficient (Wildman–Crippen LogP) is 1.93. The first-order valence-corrected chi connectivity index (χ1v) is 7.15. The zero-order valence-corrected chi connectivity index (χ0v) is 12.2. The maximum atomic E-state index is 13.3. The van der Waals surface area contributed by atoms with Gasteiger partial charge in [0.05, 0.1) is 26.2 Å². The minimum Gasteiger partial charge on any atom is -0.494 e. The lowest BCUT2D eigenvalue weighted by molar-refractivity contribution is -0.117. The highest BCUT2D eigenvalue weighted by molar-refractivity contribution is 5.90. The summed E-state index contributed by atoms with van der Waals surface area (Å²) in [6.45, 7) is 2.33. The van der Waals surface area contributed by atoms with Crippen LogP contribution in [-0.4, -0.2) is 38.8 Å². The third kappa shape index (κ3) is 4.99. The number of halogens is 1. The van der Waals surface area contributed by atoms with Crippen molar-refractivity contribution in [2.24, 2.45) is 0 Å². The minimum atomic E-state index is -0.454. The smallest absolute Gasteiger partial charge is 0.226 e. The summed E-state index contributed by atoms with van der Waals surface area (Å²) >= 11 is 0. The number of carbonyl (C=O) groups is 1. The minimum absolute atomic E-state index is 0.110. The quantitative estimate of drug-likeness (QED) is 0.842. The number of nitrogens with one attached hydrogen (secondary N) is 2. The lowest BCUT2D eigenvalue weighted by Crippen LogP contribution is -2.33. The normalized spacial score (nSPS) is 15.7.